The molecule has 0 bridgehead atoms. The van der Waals surface area contributed by atoms with Gasteiger partial charge in [-0.3, -0.25) is 4.90 Å². The summed E-state index contributed by atoms with van der Waals surface area (Å²) in [5.74, 6) is 0. The van der Waals surface area contributed by atoms with E-state index in [1.165, 1.54) is 11.1 Å². The van der Waals surface area contributed by atoms with Crippen molar-refractivity contribution in [2.45, 2.75) is 19.5 Å². The number of aryl methyl sites for hydroxylation is 1. The van der Waals surface area contributed by atoms with Crippen molar-refractivity contribution in [2.24, 2.45) is 5.73 Å². The Morgan fingerprint density at radius 3 is 2.46 bits per heavy atom. The third-order valence-corrected chi connectivity index (χ3v) is 2.51. The molecule has 0 atom stereocenters. The van der Waals surface area contributed by atoms with E-state index in [0.717, 1.165) is 19.6 Å². The topological polar surface area (TPSA) is 29.3 Å². The molecule has 70 valence electrons. The van der Waals surface area contributed by atoms with E-state index in [1.807, 2.05) is 0 Å². The summed E-state index contributed by atoms with van der Waals surface area (Å²) in [6.45, 7) is 5.26. The number of hydrogen-bond donors (Lipinski definition) is 1. The van der Waals surface area contributed by atoms with Crippen LogP contribution in [0.4, 0.5) is 0 Å². The summed E-state index contributed by atoms with van der Waals surface area (Å²) in [6.07, 6.45) is 0. The monoisotopic (exact) mass is 176 g/mol. The molecule has 1 fully saturated rings. The molecule has 2 nitrogen and oxygen atoms in total. The minimum absolute atomic E-state index is 0.408. The van der Waals surface area contributed by atoms with Crippen molar-refractivity contribution in [1.29, 1.82) is 0 Å². The number of likely N-dealkylation sites (tertiary alicyclic amines) is 1. The molecule has 1 saturated heterocycles. The summed E-state index contributed by atoms with van der Waals surface area (Å²) < 4.78 is 0. The summed E-state index contributed by atoms with van der Waals surface area (Å²) in [4.78, 5) is 2.37. The van der Waals surface area contributed by atoms with Crippen LogP contribution in [0.15, 0.2) is 24.3 Å². The number of benzene rings is 1. The predicted octanol–water partition coefficient (Wildman–Crippen LogP) is 1.14. The first kappa shape index (κ1) is 8.73. The molecule has 0 radical (unpaired) electrons. The highest BCUT2D eigenvalue weighted by atomic mass is 15.2. The van der Waals surface area contributed by atoms with Gasteiger partial charge in [-0.25, -0.2) is 0 Å². The maximum Gasteiger partial charge on any atom is 0.0297 e. The van der Waals surface area contributed by atoms with Gasteiger partial charge in [0, 0.05) is 25.7 Å². The highest BCUT2D eigenvalue weighted by molar-refractivity contribution is 5.21. The highest BCUT2D eigenvalue weighted by Gasteiger charge is 2.22. The largest absolute Gasteiger partial charge is 0.325 e. The summed E-state index contributed by atoms with van der Waals surface area (Å²) in [5.41, 5.74) is 8.41. The molecule has 1 aliphatic heterocycles. The minimum Gasteiger partial charge on any atom is -0.325 e. The van der Waals surface area contributed by atoms with Gasteiger partial charge in [0.2, 0.25) is 0 Å². The zero-order valence-corrected chi connectivity index (χ0v) is 8.03. The first-order valence-corrected chi connectivity index (χ1v) is 4.77. The standard InChI is InChI=1S/C11H16N2/c1-9-2-4-10(5-3-9)6-13-7-11(12)8-13/h2-5,11H,6-8,12H2,1H3. The van der Waals surface area contributed by atoms with E-state index in [9.17, 15) is 0 Å². The zero-order valence-electron chi connectivity index (χ0n) is 8.03. The van der Waals surface area contributed by atoms with Crippen molar-refractivity contribution in [3.8, 4) is 0 Å². The van der Waals surface area contributed by atoms with Crippen LogP contribution in [0.2, 0.25) is 0 Å². The Bertz CT molecular complexity index is 273. The molecule has 2 heteroatoms. The Hall–Kier alpha value is -0.860. The Kier molecular flexibility index (Phi) is 2.34. The lowest BCUT2D eigenvalue weighted by Crippen LogP contribution is -2.54. The van der Waals surface area contributed by atoms with Crippen LogP contribution in [-0.4, -0.2) is 24.0 Å². The Morgan fingerprint density at radius 1 is 1.31 bits per heavy atom. The first-order chi connectivity index (χ1) is 6.24. The van der Waals surface area contributed by atoms with Crippen molar-refractivity contribution >= 4 is 0 Å². The number of hydrogen-bond acceptors (Lipinski definition) is 2. The summed E-state index contributed by atoms with van der Waals surface area (Å²) in [7, 11) is 0. The van der Waals surface area contributed by atoms with Gasteiger partial charge in [-0.2, -0.15) is 0 Å². The fourth-order valence-electron chi connectivity index (χ4n) is 1.69. The molecule has 0 amide bonds. The fraction of sp³-hybridized carbons (Fsp3) is 0.455. The van der Waals surface area contributed by atoms with Crippen LogP contribution in [0.3, 0.4) is 0 Å². The normalized spacial score (nSPS) is 18.6. The lowest BCUT2D eigenvalue weighted by Gasteiger charge is -2.36. The summed E-state index contributed by atoms with van der Waals surface area (Å²) >= 11 is 0. The van der Waals surface area contributed by atoms with Gasteiger partial charge in [-0.15, -0.1) is 0 Å². The van der Waals surface area contributed by atoms with Crippen molar-refractivity contribution in [2.75, 3.05) is 13.1 Å². The van der Waals surface area contributed by atoms with Gasteiger partial charge < -0.3 is 5.73 Å². The van der Waals surface area contributed by atoms with E-state index in [-0.39, 0.29) is 0 Å². The van der Waals surface area contributed by atoms with Crippen LogP contribution in [0.1, 0.15) is 11.1 Å². The Labute approximate surface area is 79.4 Å². The molecule has 1 heterocycles. The number of nitrogens with two attached hydrogens (primary N) is 1. The van der Waals surface area contributed by atoms with Crippen LogP contribution in [0.25, 0.3) is 0 Å². The van der Waals surface area contributed by atoms with Crippen molar-refractivity contribution in [3.63, 3.8) is 0 Å². The van der Waals surface area contributed by atoms with Crippen LogP contribution in [-0.2, 0) is 6.54 Å². The SMILES string of the molecule is Cc1ccc(CN2CC(N)C2)cc1. The molecule has 1 aliphatic rings. The Morgan fingerprint density at radius 2 is 1.92 bits per heavy atom. The van der Waals surface area contributed by atoms with Crippen molar-refractivity contribution < 1.29 is 0 Å². The van der Waals surface area contributed by atoms with E-state index < -0.39 is 0 Å². The van der Waals surface area contributed by atoms with E-state index in [1.54, 1.807) is 0 Å². The molecule has 0 saturated carbocycles. The van der Waals surface area contributed by atoms with Gasteiger partial charge in [0.1, 0.15) is 0 Å². The third-order valence-electron chi connectivity index (χ3n) is 2.51. The average Bonchev–Trinajstić information content (AvgIpc) is 2.06. The highest BCUT2D eigenvalue weighted by Crippen LogP contribution is 2.12. The van der Waals surface area contributed by atoms with Gasteiger partial charge in [-0.05, 0) is 12.5 Å². The molecule has 1 aromatic carbocycles. The maximum absolute atomic E-state index is 5.70. The van der Waals surface area contributed by atoms with E-state index >= 15 is 0 Å². The Balaban J connectivity index is 1.91. The quantitative estimate of drug-likeness (QED) is 0.732. The first-order valence-electron chi connectivity index (χ1n) is 4.77. The second-order valence-electron chi connectivity index (χ2n) is 3.94. The molecule has 2 N–H and O–H groups in total. The smallest absolute Gasteiger partial charge is 0.0297 e. The maximum atomic E-state index is 5.70. The van der Waals surface area contributed by atoms with Crippen molar-refractivity contribution in [1.82, 2.24) is 4.90 Å². The van der Waals surface area contributed by atoms with Gasteiger partial charge >= 0.3 is 0 Å². The molecule has 0 spiro atoms. The van der Waals surface area contributed by atoms with Gasteiger partial charge in [-0.1, -0.05) is 29.8 Å². The van der Waals surface area contributed by atoms with Crippen molar-refractivity contribution in [3.05, 3.63) is 35.4 Å². The van der Waals surface area contributed by atoms with E-state index in [0.29, 0.717) is 6.04 Å². The molecule has 1 aromatic rings. The van der Waals surface area contributed by atoms with Crippen LogP contribution in [0.5, 0.6) is 0 Å². The van der Waals surface area contributed by atoms with Crippen LogP contribution < -0.4 is 5.73 Å². The van der Waals surface area contributed by atoms with Gasteiger partial charge in [0.05, 0.1) is 0 Å². The molecule has 0 aliphatic carbocycles. The lowest BCUT2D eigenvalue weighted by molar-refractivity contribution is 0.142. The number of rotatable bonds is 2. The van der Waals surface area contributed by atoms with Gasteiger partial charge in [0.25, 0.3) is 0 Å². The summed E-state index contributed by atoms with van der Waals surface area (Å²) in [5, 5.41) is 0. The minimum atomic E-state index is 0.408. The predicted molar refractivity (Wildman–Crippen MR) is 54.4 cm³/mol. The molecule has 2 rings (SSSR count). The van der Waals surface area contributed by atoms with Gasteiger partial charge in [0.15, 0.2) is 0 Å². The fourth-order valence-corrected chi connectivity index (χ4v) is 1.69. The van der Waals surface area contributed by atoms with Crippen LogP contribution >= 0.6 is 0 Å². The molecular weight excluding hydrogens is 160 g/mol. The summed E-state index contributed by atoms with van der Waals surface area (Å²) in [6, 6.07) is 9.12. The zero-order chi connectivity index (χ0) is 9.26. The van der Waals surface area contributed by atoms with E-state index in [4.69, 9.17) is 5.73 Å². The molecule has 13 heavy (non-hydrogen) atoms. The molecular formula is C11H16N2. The average molecular weight is 176 g/mol. The molecule has 0 aromatic heterocycles. The molecule has 0 unspecified atom stereocenters. The third kappa shape index (κ3) is 2.08. The lowest BCUT2D eigenvalue weighted by atomic mass is 10.1. The van der Waals surface area contributed by atoms with E-state index in [2.05, 4.69) is 36.1 Å². The van der Waals surface area contributed by atoms with Crippen LogP contribution in [0, 0.1) is 6.92 Å². The number of nitrogens with zero attached hydrogens (tertiary/aromatic N) is 1. The second kappa shape index (κ2) is 3.48. The second-order valence-corrected chi connectivity index (χ2v) is 3.94.